The van der Waals surface area contributed by atoms with E-state index in [0.29, 0.717) is 47.0 Å². The molecule has 4 fully saturated rings. The highest BCUT2D eigenvalue weighted by molar-refractivity contribution is 7.90. The SMILES string of the molecule is O=C1CCC(N2Cc3cc(C4CCN(CC5CN(Cc6ccc(-c7cnc8[nH]cc(C(=O)c9c(F)ccc(NS(=O)(=O)N%10CC[C@@H](F)C%10)c9F)c8c7)cc6)C5)CC4)ccc3C2=O)C(=O)N1. The van der Waals surface area contributed by atoms with E-state index in [2.05, 4.69) is 49.4 Å². The van der Waals surface area contributed by atoms with E-state index in [0.717, 1.165) is 85.2 Å². The molecule has 10 rings (SSSR count). The number of alkyl halides is 1. The van der Waals surface area contributed by atoms with Gasteiger partial charge >= 0.3 is 10.2 Å². The zero-order chi connectivity index (χ0) is 45.1. The average molecular weight is 909 g/mol. The number of nitrogens with one attached hydrogen (secondary N) is 3. The van der Waals surface area contributed by atoms with Crippen LogP contribution in [0.15, 0.2) is 73.1 Å². The summed E-state index contributed by atoms with van der Waals surface area (Å²) in [6, 6.07) is 17.0. The molecule has 18 heteroatoms. The topological polar surface area (TPSA) is 168 Å². The van der Waals surface area contributed by atoms with Crippen LogP contribution in [-0.2, 0) is 32.9 Å². The van der Waals surface area contributed by atoms with Crippen molar-refractivity contribution in [1.29, 1.82) is 0 Å². The van der Waals surface area contributed by atoms with Gasteiger partial charge in [-0.15, -0.1) is 0 Å². The first-order valence-electron chi connectivity index (χ1n) is 22.0. The Labute approximate surface area is 373 Å². The van der Waals surface area contributed by atoms with Crippen molar-refractivity contribution in [2.24, 2.45) is 5.92 Å². The summed E-state index contributed by atoms with van der Waals surface area (Å²) in [6.45, 7) is 5.78. The summed E-state index contributed by atoms with van der Waals surface area (Å²) in [7, 11) is -4.35. The quantitative estimate of drug-likeness (QED) is 0.108. The third-order valence-electron chi connectivity index (χ3n) is 13.6. The summed E-state index contributed by atoms with van der Waals surface area (Å²) in [5.41, 5.74) is 4.22. The summed E-state index contributed by atoms with van der Waals surface area (Å²) >= 11 is 0. The first-order valence-corrected chi connectivity index (χ1v) is 23.4. The summed E-state index contributed by atoms with van der Waals surface area (Å²) in [5.74, 6) is -3.39. The number of benzene rings is 3. The van der Waals surface area contributed by atoms with Gasteiger partial charge in [0.05, 0.1) is 11.3 Å². The number of imide groups is 1. The zero-order valence-electron chi connectivity index (χ0n) is 35.4. The number of fused-ring (bicyclic) bond motifs is 2. The van der Waals surface area contributed by atoms with E-state index in [1.165, 1.54) is 11.8 Å². The van der Waals surface area contributed by atoms with Gasteiger partial charge < -0.3 is 14.8 Å². The predicted octanol–water partition coefficient (Wildman–Crippen LogP) is 5.51. The maximum absolute atomic E-state index is 15.7. The molecule has 0 saturated carbocycles. The van der Waals surface area contributed by atoms with Crippen LogP contribution in [0.4, 0.5) is 18.9 Å². The number of hydrogen-bond acceptors (Lipinski definition) is 9. The van der Waals surface area contributed by atoms with Gasteiger partial charge in [0, 0.05) is 86.7 Å². The Hall–Kier alpha value is -5.95. The van der Waals surface area contributed by atoms with Gasteiger partial charge in [-0.2, -0.15) is 12.7 Å². The van der Waals surface area contributed by atoms with Crippen molar-refractivity contribution in [1.82, 2.24) is 34.3 Å². The Bertz CT molecular complexity index is 2840. The standard InChI is InChI=1S/C47H47F3N8O6S/c48-34-13-16-57(26-34)65(63,64)54-39-8-7-38(49)42(43(39)50)44(60)37-20-52-45-36(37)18-32(19-51-45)29-3-1-27(2-4-29)21-56-23-28(24-56)22-55-14-11-30(12-15-55)31-5-6-35-33(17-31)25-58(47(35)62)40-9-10-41(59)53-46(40)61/h1-8,17-20,28,30,34,40,54H,9-16,21-26H2,(H,51,52)(H,53,59,61)/t34-,40?/m1/s1. The number of rotatable bonds is 12. The molecule has 2 aromatic heterocycles. The lowest BCUT2D eigenvalue weighted by Crippen LogP contribution is -2.52. The molecule has 7 heterocycles. The number of piperidine rings is 2. The molecule has 338 valence electrons. The number of carbonyl (C=O) groups is 4. The van der Waals surface area contributed by atoms with E-state index >= 15 is 8.78 Å². The number of halogens is 3. The molecule has 5 aromatic rings. The highest BCUT2D eigenvalue weighted by Gasteiger charge is 2.40. The zero-order valence-corrected chi connectivity index (χ0v) is 36.2. The molecule has 5 aliphatic heterocycles. The Kier molecular flexibility index (Phi) is 11.3. The van der Waals surface area contributed by atoms with Crippen LogP contribution in [0.1, 0.15) is 81.0 Å². The lowest BCUT2D eigenvalue weighted by atomic mass is 9.87. The predicted molar refractivity (Wildman–Crippen MR) is 235 cm³/mol. The highest BCUT2D eigenvalue weighted by Crippen LogP contribution is 2.35. The third-order valence-corrected chi connectivity index (χ3v) is 15.1. The first-order chi connectivity index (χ1) is 31.3. The van der Waals surface area contributed by atoms with E-state index in [1.807, 2.05) is 22.9 Å². The van der Waals surface area contributed by atoms with Gasteiger partial charge in [-0.25, -0.2) is 18.2 Å². The highest BCUT2D eigenvalue weighted by atomic mass is 32.2. The lowest BCUT2D eigenvalue weighted by molar-refractivity contribution is -0.136. The molecule has 4 saturated heterocycles. The molecule has 3 amide bonds. The van der Waals surface area contributed by atoms with Gasteiger partial charge in [0.25, 0.3) is 5.91 Å². The Balaban J connectivity index is 0.716. The van der Waals surface area contributed by atoms with Gasteiger partial charge in [-0.1, -0.05) is 36.4 Å². The van der Waals surface area contributed by atoms with E-state index in [4.69, 9.17) is 0 Å². The monoisotopic (exact) mass is 908 g/mol. The number of anilines is 1. The van der Waals surface area contributed by atoms with Crippen molar-refractivity contribution in [3.8, 4) is 11.1 Å². The number of hydrogen-bond donors (Lipinski definition) is 3. The largest absolute Gasteiger partial charge is 0.345 e. The van der Waals surface area contributed by atoms with Gasteiger partial charge in [0.2, 0.25) is 17.6 Å². The van der Waals surface area contributed by atoms with E-state index < -0.39 is 57.0 Å². The second-order valence-corrected chi connectivity index (χ2v) is 19.6. The second-order valence-electron chi connectivity index (χ2n) is 17.9. The lowest BCUT2D eigenvalue weighted by Gasteiger charge is -2.43. The molecule has 2 atom stereocenters. The van der Waals surface area contributed by atoms with Crippen LogP contribution in [0, 0.1) is 17.6 Å². The molecule has 0 spiro atoms. The molecule has 3 aromatic carbocycles. The second kappa shape index (κ2) is 17.1. The van der Waals surface area contributed by atoms with Crippen LogP contribution in [-0.4, -0.2) is 119 Å². The fourth-order valence-corrected chi connectivity index (χ4v) is 11.3. The number of ketones is 1. The van der Waals surface area contributed by atoms with Gasteiger partial charge in [0.1, 0.15) is 23.7 Å². The maximum atomic E-state index is 15.7. The number of nitrogens with zero attached hydrogens (tertiary/aromatic N) is 5. The van der Waals surface area contributed by atoms with Crippen LogP contribution < -0.4 is 10.0 Å². The number of likely N-dealkylation sites (tertiary alicyclic amines) is 2. The number of carbonyl (C=O) groups excluding carboxylic acids is 4. The number of aromatic amines is 1. The van der Waals surface area contributed by atoms with E-state index in [9.17, 15) is 32.0 Å². The van der Waals surface area contributed by atoms with Crippen molar-refractivity contribution >= 4 is 50.4 Å². The minimum absolute atomic E-state index is 0.00483. The van der Waals surface area contributed by atoms with Crippen molar-refractivity contribution < 1.29 is 40.8 Å². The first kappa shape index (κ1) is 43.0. The number of H-pyrrole nitrogens is 1. The van der Waals surface area contributed by atoms with Crippen molar-refractivity contribution in [2.75, 3.05) is 50.5 Å². The van der Waals surface area contributed by atoms with Crippen LogP contribution in [0.25, 0.3) is 22.2 Å². The Morgan fingerprint density at radius 1 is 0.877 bits per heavy atom. The smallest absolute Gasteiger partial charge is 0.301 e. The molecule has 65 heavy (non-hydrogen) atoms. The Morgan fingerprint density at radius 2 is 1.66 bits per heavy atom. The minimum Gasteiger partial charge on any atom is -0.345 e. The van der Waals surface area contributed by atoms with Crippen LogP contribution in [0.3, 0.4) is 0 Å². The summed E-state index contributed by atoms with van der Waals surface area (Å²) in [4.78, 5) is 64.9. The Morgan fingerprint density at radius 3 is 2.40 bits per heavy atom. The summed E-state index contributed by atoms with van der Waals surface area (Å²) < 4.78 is 73.0. The molecular formula is C47H47F3N8O6S. The number of aromatic nitrogens is 2. The van der Waals surface area contributed by atoms with Crippen LogP contribution >= 0.6 is 0 Å². The molecular weight excluding hydrogens is 862 g/mol. The summed E-state index contributed by atoms with van der Waals surface area (Å²) in [6.07, 6.45) is 4.29. The van der Waals surface area contributed by atoms with Crippen molar-refractivity contribution in [3.63, 3.8) is 0 Å². The summed E-state index contributed by atoms with van der Waals surface area (Å²) in [5, 5.41) is 2.70. The van der Waals surface area contributed by atoms with Gasteiger partial charge in [0.15, 0.2) is 5.82 Å². The normalized spacial score (nSPS) is 21.5. The van der Waals surface area contributed by atoms with E-state index in [-0.39, 0.29) is 43.3 Å². The number of amides is 3. The fraction of sp³-hybridized carbons (Fsp3) is 0.383. The molecule has 1 unspecified atom stereocenters. The van der Waals surface area contributed by atoms with Gasteiger partial charge in [-0.05, 0) is 97.1 Å². The van der Waals surface area contributed by atoms with Crippen molar-refractivity contribution in [3.05, 3.63) is 118 Å². The minimum atomic E-state index is -4.35. The molecule has 0 bridgehead atoms. The average Bonchev–Trinajstić information content (AvgIpc) is 4.01. The molecule has 14 nitrogen and oxygen atoms in total. The molecule has 0 radical (unpaired) electrons. The number of pyridine rings is 1. The van der Waals surface area contributed by atoms with Gasteiger partial charge in [-0.3, -0.25) is 34.1 Å². The van der Waals surface area contributed by atoms with Crippen LogP contribution in [0.2, 0.25) is 0 Å². The molecule has 3 N–H and O–H groups in total. The maximum Gasteiger partial charge on any atom is 0.301 e. The van der Waals surface area contributed by atoms with Crippen LogP contribution in [0.5, 0.6) is 0 Å². The van der Waals surface area contributed by atoms with E-state index in [1.54, 1.807) is 17.2 Å². The van der Waals surface area contributed by atoms with Crippen molar-refractivity contribution in [2.45, 2.75) is 63.3 Å². The third kappa shape index (κ3) is 8.43. The fourth-order valence-electron chi connectivity index (χ4n) is 10.1. The molecule has 5 aliphatic rings. The molecule has 0 aliphatic carbocycles.